The zero-order valence-electron chi connectivity index (χ0n) is 10.9. The molecule has 0 aliphatic carbocycles. The van der Waals surface area contributed by atoms with Crippen LogP contribution in [0.3, 0.4) is 0 Å². The number of amides is 1. The van der Waals surface area contributed by atoms with Gasteiger partial charge in [-0.25, -0.2) is 0 Å². The van der Waals surface area contributed by atoms with E-state index in [1.165, 1.54) is 0 Å². The van der Waals surface area contributed by atoms with Crippen molar-refractivity contribution in [1.29, 1.82) is 0 Å². The molecule has 5 heteroatoms. The molecule has 19 heavy (non-hydrogen) atoms. The van der Waals surface area contributed by atoms with E-state index in [1.807, 2.05) is 11.0 Å². The zero-order chi connectivity index (χ0) is 13.2. The number of likely N-dealkylation sites (tertiary alicyclic amines) is 1. The van der Waals surface area contributed by atoms with Gasteiger partial charge in [-0.15, -0.1) is 0 Å². The van der Waals surface area contributed by atoms with Crippen LogP contribution < -0.4 is 10.9 Å². The van der Waals surface area contributed by atoms with E-state index in [-0.39, 0.29) is 17.4 Å². The summed E-state index contributed by atoms with van der Waals surface area (Å²) in [7, 11) is 0. The Morgan fingerprint density at radius 2 is 2.16 bits per heavy atom. The molecule has 1 aromatic rings. The number of nitrogens with zero attached hydrogens (tertiary/aromatic N) is 2. The van der Waals surface area contributed by atoms with Gasteiger partial charge in [-0.05, 0) is 25.5 Å². The molecule has 1 N–H and O–H groups in total. The van der Waals surface area contributed by atoms with Crippen molar-refractivity contribution in [2.45, 2.75) is 25.4 Å². The molecule has 2 fully saturated rings. The van der Waals surface area contributed by atoms with Gasteiger partial charge in [-0.2, -0.15) is 0 Å². The van der Waals surface area contributed by atoms with Crippen molar-refractivity contribution < 1.29 is 4.79 Å². The van der Waals surface area contributed by atoms with Crippen LogP contribution in [-0.4, -0.2) is 41.1 Å². The summed E-state index contributed by atoms with van der Waals surface area (Å²) >= 11 is 0. The van der Waals surface area contributed by atoms with E-state index in [0.717, 1.165) is 25.9 Å². The van der Waals surface area contributed by atoms with Gasteiger partial charge >= 0.3 is 0 Å². The molecular weight excluding hydrogens is 242 g/mol. The highest BCUT2D eigenvalue weighted by Crippen LogP contribution is 2.25. The number of aromatic nitrogens is 1. The molecule has 0 radical (unpaired) electrons. The fourth-order valence-corrected chi connectivity index (χ4v) is 3.08. The lowest BCUT2D eigenvalue weighted by molar-refractivity contribution is -0.131. The van der Waals surface area contributed by atoms with Crippen LogP contribution in [0.25, 0.3) is 0 Å². The normalized spacial score (nSPS) is 26.5. The first-order valence-electron chi connectivity index (χ1n) is 6.93. The standard InChI is InChI=1S/C14H19N3O2/c18-13-5-1-2-7-16(13)8-9-17-10-12-11(14(17)19)4-3-6-15-12/h1-2,5,7,11-12,15H,3-4,6,8-10H2. The quantitative estimate of drug-likeness (QED) is 0.837. The third-order valence-electron chi connectivity index (χ3n) is 4.14. The lowest BCUT2D eigenvalue weighted by atomic mass is 9.94. The molecule has 2 aliphatic rings. The second kappa shape index (κ2) is 5.17. The Morgan fingerprint density at radius 1 is 1.26 bits per heavy atom. The van der Waals surface area contributed by atoms with Crippen molar-refractivity contribution in [2.75, 3.05) is 19.6 Å². The van der Waals surface area contributed by atoms with Crippen LogP contribution in [0.15, 0.2) is 29.2 Å². The van der Waals surface area contributed by atoms with Crippen LogP contribution >= 0.6 is 0 Å². The third-order valence-corrected chi connectivity index (χ3v) is 4.14. The van der Waals surface area contributed by atoms with E-state index in [9.17, 15) is 9.59 Å². The number of nitrogens with one attached hydrogen (secondary N) is 1. The number of rotatable bonds is 3. The predicted molar refractivity (Wildman–Crippen MR) is 71.8 cm³/mol. The summed E-state index contributed by atoms with van der Waals surface area (Å²) in [5, 5.41) is 3.42. The average Bonchev–Trinajstić information content (AvgIpc) is 2.75. The van der Waals surface area contributed by atoms with Gasteiger partial charge in [0.1, 0.15) is 0 Å². The van der Waals surface area contributed by atoms with Gasteiger partial charge < -0.3 is 14.8 Å². The van der Waals surface area contributed by atoms with E-state index < -0.39 is 0 Å². The van der Waals surface area contributed by atoms with Crippen molar-refractivity contribution in [3.63, 3.8) is 0 Å². The second-order valence-electron chi connectivity index (χ2n) is 5.33. The Kier molecular flexibility index (Phi) is 3.38. The van der Waals surface area contributed by atoms with Crippen molar-refractivity contribution in [2.24, 2.45) is 5.92 Å². The minimum absolute atomic E-state index is 0.00955. The Labute approximate surface area is 112 Å². The number of piperidine rings is 1. The molecule has 0 aromatic carbocycles. The van der Waals surface area contributed by atoms with Crippen LogP contribution in [-0.2, 0) is 11.3 Å². The summed E-state index contributed by atoms with van der Waals surface area (Å²) in [6.45, 7) is 2.99. The van der Waals surface area contributed by atoms with Crippen LogP contribution in [0.2, 0.25) is 0 Å². The summed E-state index contributed by atoms with van der Waals surface area (Å²) in [5.41, 5.74) is -0.00955. The molecule has 2 unspecified atom stereocenters. The van der Waals surface area contributed by atoms with Gasteiger partial charge in [0, 0.05) is 37.9 Å². The molecule has 0 spiro atoms. The second-order valence-corrected chi connectivity index (χ2v) is 5.33. The first-order chi connectivity index (χ1) is 9.25. The molecule has 2 aliphatic heterocycles. The summed E-state index contributed by atoms with van der Waals surface area (Å²) < 4.78 is 1.66. The smallest absolute Gasteiger partial charge is 0.250 e. The maximum absolute atomic E-state index is 12.2. The molecular formula is C14H19N3O2. The lowest BCUT2D eigenvalue weighted by Crippen LogP contribution is -2.41. The van der Waals surface area contributed by atoms with Gasteiger partial charge in [0.05, 0.1) is 5.92 Å². The van der Waals surface area contributed by atoms with Crippen molar-refractivity contribution in [3.8, 4) is 0 Å². The molecule has 3 heterocycles. The number of fused-ring (bicyclic) bond motifs is 1. The summed E-state index contributed by atoms with van der Waals surface area (Å²) in [6, 6.07) is 5.44. The maximum atomic E-state index is 12.2. The molecule has 1 aromatic heterocycles. The highest BCUT2D eigenvalue weighted by atomic mass is 16.2. The number of hydrogen-bond donors (Lipinski definition) is 1. The topological polar surface area (TPSA) is 54.3 Å². The van der Waals surface area contributed by atoms with E-state index in [0.29, 0.717) is 19.1 Å². The largest absolute Gasteiger partial charge is 0.339 e. The molecule has 1 amide bonds. The summed E-state index contributed by atoms with van der Waals surface area (Å²) in [5.74, 6) is 0.405. The summed E-state index contributed by atoms with van der Waals surface area (Å²) in [4.78, 5) is 25.7. The van der Waals surface area contributed by atoms with Crippen molar-refractivity contribution >= 4 is 5.91 Å². The highest BCUT2D eigenvalue weighted by molar-refractivity contribution is 5.82. The van der Waals surface area contributed by atoms with Crippen molar-refractivity contribution in [1.82, 2.24) is 14.8 Å². The number of hydrogen-bond acceptors (Lipinski definition) is 3. The van der Waals surface area contributed by atoms with Gasteiger partial charge in [0.2, 0.25) is 5.91 Å². The maximum Gasteiger partial charge on any atom is 0.250 e. The van der Waals surface area contributed by atoms with E-state index in [2.05, 4.69) is 5.32 Å². The van der Waals surface area contributed by atoms with E-state index >= 15 is 0 Å². The Balaban J connectivity index is 1.63. The minimum atomic E-state index is -0.00955. The van der Waals surface area contributed by atoms with E-state index in [4.69, 9.17) is 0 Å². The zero-order valence-corrected chi connectivity index (χ0v) is 10.9. The molecule has 3 rings (SSSR count). The van der Waals surface area contributed by atoms with Crippen LogP contribution in [0.5, 0.6) is 0 Å². The highest BCUT2D eigenvalue weighted by Gasteiger charge is 2.40. The first kappa shape index (κ1) is 12.4. The number of carbonyl (C=O) groups is 1. The number of pyridine rings is 1. The fourth-order valence-electron chi connectivity index (χ4n) is 3.08. The van der Waals surface area contributed by atoms with E-state index in [1.54, 1.807) is 22.9 Å². The summed E-state index contributed by atoms with van der Waals surface area (Å²) in [6.07, 6.45) is 3.85. The fraction of sp³-hybridized carbons (Fsp3) is 0.571. The third kappa shape index (κ3) is 2.42. The lowest BCUT2D eigenvalue weighted by Gasteiger charge is -2.23. The molecule has 2 atom stereocenters. The Hall–Kier alpha value is -1.62. The SMILES string of the molecule is O=C1C2CCCNC2CN1CCn1ccccc1=O. The Morgan fingerprint density at radius 3 is 2.95 bits per heavy atom. The Bertz CT molecular complexity index is 525. The van der Waals surface area contributed by atoms with Crippen LogP contribution in [0.1, 0.15) is 12.8 Å². The monoisotopic (exact) mass is 261 g/mol. The molecule has 5 nitrogen and oxygen atoms in total. The number of carbonyl (C=O) groups excluding carboxylic acids is 1. The predicted octanol–water partition coefficient (Wildman–Crippen LogP) is 0.0587. The van der Waals surface area contributed by atoms with Crippen LogP contribution in [0, 0.1) is 5.92 Å². The average molecular weight is 261 g/mol. The van der Waals surface area contributed by atoms with Gasteiger partial charge in [-0.3, -0.25) is 9.59 Å². The van der Waals surface area contributed by atoms with Gasteiger partial charge in [-0.1, -0.05) is 6.07 Å². The molecule has 102 valence electrons. The minimum Gasteiger partial charge on any atom is -0.339 e. The first-order valence-corrected chi connectivity index (χ1v) is 6.93. The van der Waals surface area contributed by atoms with Crippen LogP contribution in [0.4, 0.5) is 0 Å². The van der Waals surface area contributed by atoms with Gasteiger partial charge in [0.15, 0.2) is 0 Å². The molecule has 0 saturated carbocycles. The van der Waals surface area contributed by atoms with Crippen molar-refractivity contribution in [3.05, 3.63) is 34.7 Å². The molecule has 0 bridgehead atoms. The molecule has 2 saturated heterocycles. The van der Waals surface area contributed by atoms with Gasteiger partial charge in [0.25, 0.3) is 5.56 Å².